The number of nitrogen functional groups attached to an aromatic ring is 1. The van der Waals surface area contributed by atoms with Crippen LogP contribution < -0.4 is 10.5 Å². The van der Waals surface area contributed by atoms with E-state index in [1.807, 2.05) is 0 Å². The lowest BCUT2D eigenvalue weighted by molar-refractivity contribution is 0.148. The first-order valence-electron chi connectivity index (χ1n) is 5.56. The number of hydrogen-bond acceptors (Lipinski definition) is 3. The maximum Gasteiger partial charge on any atom is 0.267 e. The monoisotopic (exact) mass is 278 g/mol. The number of anilines is 1. The molecule has 20 heavy (non-hydrogen) atoms. The summed E-state index contributed by atoms with van der Waals surface area (Å²) in [6.07, 6.45) is -2.80. The van der Waals surface area contributed by atoms with Gasteiger partial charge in [-0.3, -0.25) is 0 Å². The van der Waals surface area contributed by atoms with Gasteiger partial charge in [-0.2, -0.15) is 5.26 Å². The summed E-state index contributed by atoms with van der Waals surface area (Å²) < 4.78 is 44.5. The van der Waals surface area contributed by atoms with E-state index in [2.05, 4.69) is 0 Å². The molecule has 2 rings (SSSR count). The number of nitrogens with zero attached hydrogens (tertiary/aromatic N) is 1. The van der Waals surface area contributed by atoms with Crippen LogP contribution in [0.15, 0.2) is 36.4 Å². The summed E-state index contributed by atoms with van der Waals surface area (Å²) in [5.41, 5.74) is 5.28. The second-order valence-corrected chi connectivity index (χ2v) is 3.96. The summed E-state index contributed by atoms with van der Waals surface area (Å²) in [7, 11) is 0. The molecule has 0 aliphatic rings. The molecule has 0 spiro atoms. The van der Waals surface area contributed by atoms with E-state index in [1.54, 1.807) is 6.07 Å². The van der Waals surface area contributed by atoms with E-state index in [-0.39, 0.29) is 22.7 Å². The SMILES string of the molecule is N#Cc1ccc(Oc2ccc(N)cc2C(F)F)c(F)c1. The summed E-state index contributed by atoms with van der Waals surface area (Å²) in [5.74, 6) is -1.23. The van der Waals surface area contributed by atoms with Crippen LogP contribution in [0.3, 0.4) is 0 Å². The summed E-state index contributed by atoms with van der Waals surface area (Å²) in [6.45, 7) is 0. The maximum absolute atomic E-state index is 13.6. The molecule has 0 bridgehead atoms. The second kappa shape index (κ2) is 5.53. The zero-order valence-electron chi connectivity index (χ0n) is 10.1. The number of halogens is 3. The topological polar surface area (TPSA) is 59.0 Å². The van der Waals surface area contributed by atoms with E-state index >= 15 is 0 Å². The van der Waals surface area contributed by atoms with Crippen molar-refractivity contribution in [3.63, 3.8) is 0 Å². The van der Waals surface area contributed by atoms with Crippen molar-refractivity contribution in [1.29, 1.82) is 5.26 Å². The van der Waals surface area contributed by atoms with Crippen molar-refractivity contribution in [2.45, 2.75) is 6.43 Å². The van der Waals surface area contributed by atoms with Crippen LogP contribution in [0.4, 0.5) is 18.9 Å². The van der Waals surface area contributed by atoms with E-state index in [1.165, 1.54) is 24.3 Å². The van der Waals surface area contributed by atoms with Gasteiger partial charge >= 0.3 is 0 Å². The normalized spacial score (nSPS) is 10.3. The summed E-state index contributed by atoms with van der Waals surface area (Å²) >= 11 is 0. The predicted octanol–water partition coefficient (Wildman–Crippen LogP) is 4.01. The van der Waals surface area contributed by atoms with Crippen LogP contribution in [0.25, 0.3) is 0 Å². The number of nitrogens with two attached hydrogens (primary N) is 1. The molecule has 0 saturated heterocycles. The average Bonchev–Trinajstić information content (AvgIpc) is 2.42. The minimum atomic E-state index is -2.80. The predicted molar refractivity (Wildman–Crippen MR) is 67.0 cm³/mol. The van der Waals surface area contributed by atoms with Gasteiger partial charge in [0.1, 0.15) is 5.75 Å². The van der Waals surface area contributed by atoms with Gasteiger partial charge in [-0.05, 0) is 36.4 Å². The number of alkyl halides is 2. The first-order valence-corrected chi connectivity index (χ1v) is 5.56. The third-order valence-electron chi connectivity index (χ3n) is 2.55. The van der Waals surface area contributed by atoms with Crippen LogP contribution in [0.1, 0.15) is 17.6 Å². The highest BCUT2D eigenvalue weighted by molar-refractivity contribution is 5.50. The fourth-order valence-corrected chi connectivity index (χ4v) is 1.60. The average molecular weight is 278 g/mol. The van der Waals surface area contributed by atoms with Gasteiger partial charge in [-0.15, -0.1) is 0 Å². The summed E-state index contributed by atoms with van der Waals surface area (Å²) in [5, 5.41) is 8.62. The van der Waals surface area contributed by atoms with Crippen LogP contribution in [-0.4, -0.2) is 0 Å². The molecular formula is C14H9F3N2O. The highest BCUT2D eigenvalue weighted by atomic mass is 19.3. The van der Waals surface area contributed by atoms with Crippen molar-refractivity contribution in [3.05, 3.63) is 53.3 Å². The first-order chi connectivity index (χ1) is 9.51. The van der Waals surface area contributed by atoms with Crippen LogP contribution >= 0.6 is 0 Å². The Bertz CT molecular complexity index is 681. The van der Waals surface area contributed by atoms with Gasteiger partial charge in [0.2, 0.25) is 0 Å². The van der Waals surface area contributed by atoms with Crippen molar-refractivity contribution in [2.24, 2.45) is 0 Å². The zero-order valence-corrected chi connectivity index (χ0v) is 10.1. The Labute approximate surface area is 113 Å². The molecule has 0 aliphatic carbocycles. The maximum atomic E-state index is 13.6. The third-order valence-corrected chi connectivity index (χ3v) is 2.55. The molecule has 3 nitrogen and oxygen atoms in total. The molecule has 0 amide bonds. The quantitative estimate of drug-likeness (QED) is 0.863. The highest BCUT2D eigenvalue weighted by Gasteiger charge is 2.16. The molecule has 0 fully saturated rings. The van der Waals surface area contributed by atoms with Gasteiger partial charge in [0, 0.05) is 5.69 Å². The Morgan fingerprint density at radius 3 is 2.40 bits per heavy atom. The van der Waals surface area contributed by atoms with Crippen LogP contribution in [-0.2, 0) is 0 Å². The number of ether oxygens (including phenoxy) is 1. The Morgan fingerprint density at radius 1 is 1.10 bits per heavy atom. The first kappa shape index (κ1) is 13.7. The zero-order chi connectivity index (χ0) is 14.7. The Morgan fingerprint density at radius 2 is 1.80 bits per heavy atom. The van der Waals surface area contributed by atoms with Gasteiger partial charge in [0.25, 0.3) is 6.43 Å². The van der Waals surface area contributed by atoms with Gasteiger partial charge in [-0.25, -0.2) is 13.2 Å². The van der Waals surface area contributed by atoms with Crippen molar-refractivity contribution in [1.82, 2.24) is 0 Å². The van der Waals surface area contributed by atoms with E-state index in [0.717, 1.165) is 12.1 Å². The van der Waals surface area contributed by atoms with Gasteiger partial charge in [0.05, 0.1) is 17.2 Å². The van der Waals surface area contributed by atoms with Gasteiger partial charge in [-0.1, -0.05) is 0 Å². The van der Waals surface area contributed by atoms with Crippen molar-refractivity contribution in [2.75, 3.05) is 5.73 Å². The van der Waals surface area contributed by atoms with Crippen LogP contribution in [0, 0.1) is 17.1 Å². The number of hydrogen-bond donors (Lipinski definition) is 1. The molecule has 6 heteroatoms. The molecule has 0 aromatic heterocycles. The standard InChI is InChI=1S/C14H9F3N2O/c15-11-5-8(7-18)1-3-13(11)20-12-4-2-9(19)6-10(12)14(16)17/h1-6,14H,19H2. The summed E-state index contributed by atoms with van der Waals surface area (Å²) in [6, 6.07) is 8.96. The highest BCUT2D eigenvalue weighted by Crippen LogP contribution is 2.34. The molecule has 2 aromatic carbocycles. The molecule has 0 radical (unpaired) electrons. The smallest absolute Gasteiger partial charge is 0.267 e. The van der Waals surface area contributed by atoms with Crippen molar-refractivity contribution >= 4 is 5.69 Å². The molecule has 0 saturated carbocycles. The van der Waals surface area contributed by atoms with Gasteiger partial charge in [0.15, 0.2) is 11.6 Å². The number of benzene rings is 2. The minimum Gasteiger partial charge on any atom is -0.454 e. The third kappa shape index (κ3) is 2.83. The number of nitriles is 1. The molecule has 2 N–H and O–H groups in total. The lowest BCUT2D eigenvalue weighted by Gasteiger charge is -2.12. The fourth-order valence-electron chi connectivity index (χ4n) is 1.60. The molecular weight excluding hydrogens is 269 g/mol. The van der Waals surface area contributed by atoms with E-state index in [9.17, 15) is 13.2 Å². The van der Waals surface area contributed by atoms with E-state index < -0.39 is 17.8 Å². The van der Waals surface area contributed by atoms with Crippen molar-refractivity contribution in [3.8, 4) is 17.6 Å². The lowest BCUT2D eigenvalue weighted by Crippen LogP contribution is -1.96. The molecule has 102 valence electrons. The van der Waals surface area contributed by atoms with Crippen LogP contribution in [0.2, 0.25) is 0 Å². The second-order valence-electron chi connectivity index (χ2n) is 3.96. The molecule has 0 unspecified atom stereocenters. The van der Waals surface area contributed by atoms with Crippen molar-refractivity contribution < 1.29 is 17.9 Å². The van der Waals surface area contributed by atoms with E-state index in [0.29, 0.717) is 0 Å². The fraction of sp³-hybridized carbons (Fsp3) is 0.0714. The Hall–Kier alpha value is -2.68. The minimum absolute atomic E-state index is 0.112. The molecule has 0 heterocycles. The Balaban J connectivity index is 2.38. The lowest BCUT2D eigenvalue weighted by atomic mass is 10.2. The largest absolute Gasteiger partial charge is 0.454 e. The molecule has 0 aliphatic heterocycles. The Kier molecular flexibility index (Phi) is 3.80. The number of rotatable bonds is 3. The summed E-state index contributed by atoms with van der Waals surface area (Å²) in [4.78, 5) is 0. The van der Waals surface area contributed by atoms with Gasteiger partial charge < -0.3 is 10.5 Å². The van der Waals surface area contributed by atoms with E-state index in [4.69, 9.17) is 15.7 Å². The molecule has 0 atom stereocenters. The van der Waals surface area contributed by atoms with Crippen LogP contribution in [0.5, 0.6) is 11.5 Å². The molecule has 2 aromatic rings.